The van der Waals surface area contributed by atoms with Gasteiger partial charge in [-0.05, 0) is 48.6 Å². The molecule has 0 radical (unpaired) electrons. The molecule has 2 heterocycles. The van der Waals surface area contributed by atoms with Crippen LogP contribution in [-0.4, -0.2) is 27.0 Å². The number of non-ortho nitro benzene ring substituents is 1. The first-order valence-corrected chi connectivity index (χ1v) is 15.9. The number of aromatic nitrogens is 1. The molecule has 0 unspecified atom stereocenters. The Bertz CT molecular complexity index is 2080. The maximum Gasteiger partial charge on any atom is 0.338 e. The van der Waals surface area contributed by atoms with E-state index in [2.05, 4.69) is 13.8 Å². The number of hydrogen-bond acceptors (Lipinski definition) is 10. The molecule has 0 spiro atoms. The summed E-state index contributed by atoms with van der Waals surface area (Å²) >= 11 is 1.15. The van der Waals surface area contributed by atoms with Gasteiger partial charge >= 0.3 is 11.7 Å². The van der Waals surface area contributed by atoms with Crippen LogP contribution in [0.4, 0.5) is 11.4 Å². The van der Waals surface area contributed by atoms with Crippen molar-refractivity contribution in [2.75, 3.05) is 6.61 Å². The number of nitro groups is 2. The van der Waals surface area contributed by atoms with E-state index in [1.807, 2.05) is 31.2 Å². The van der Waals surface area contributed by atoms with Gasteiger partial charge < -0.3 is 9.47 Å². The van der Waals surface area contributed by atoms with Gasteiger partial charge in [0.1, 0.15) is 5.75 Å². The molecule has 3 aromatic carbocycles. The fourth-order valence-electron chi connectivity index (χ4n) is 5.30. The molecule has 1 atom stereocenters. The summed E-state index contributed by atoms with van der Waals surface area (Å²) in [6, 6.07) is 16.8. The smallest absolute Gasteiger partial charge is 0.338 e. The Hall–Kier alpha value is -5.43. The highest BCUT2D eigenvalue weighted by Crippen LogP contribution is 2.36. The van der Waals surface area contributed by atoms with Crippen LogP contribution < -0.4 is 19.6 Å². The van der Waals surface area contributed by atoms with E-state index in [9.17, 15) is 29.8 Å². The molecule has 242 valence electrons. The number of nitro benzene ring substituents is 2. The summed E-state index contributed by atoms with van der Waals surface area (Å²) in [6.07, 6.45) is 2.82. The predicted octanol–water partition coefficient (Wildman–Crippen LogP) is 6.31. The summed E-state index contributed by atoms with van der Waals surface area (Å²) in [7, 11) is 0. The number of carbonyl (C=O) groups is 1. The molecule has 0 saturated heterocycles. The first-order valence-electron chi connectivity index (χ1n) is 15.1. The molecule has 1 aliphatic heterocycles. The number of nitrogens with zero attached hydrogens (tertiary/aromatic N) is 4. The fourth-order valence-corrected chi connectivity index (χ4v) is 6.31. The van der Waals surface area contributed by atoms with Crippen molar-refractivity contribution < 1.29 is 24.1 Å². The van der Waals surface area contributed by atoms with Crippen molar-refractivity contribution in [3.63, 3.8) is 0 Å². The number of ether oxygens (including phenoxy) is 2. The number of fused-ring (bicyclic) bond motifs is 1. The van der Waals surface area contributed by atoms with Gasteiger partial charge in [-0.15, -0.1) is 0 Å². The first kappa shape index (κ1) is 32.9. The van der Waals surface area contributed by atoms with E-state index in [-0.39, 0.29) is 29.6 Å². The molecule has 12 nitrogen and oxygen atoms in total. The summed E-state index contributed by atoms with van der Waals surface area (Å²) in [4.78, 5) is 54.3. The number of hydrogen-bond donors (Lipinski definition) is 0. The van der Waals surface area contributed by atoms with E-state index in [0.29, 0.717) is 32.6 Å². The highest BCUT2D eigenvalue weighted by atomic mass is 32.1. The molecule has 0 N–H and O–H groups in total. The van der Waals surface area contributed by atoms with E-state index >= 15 is 0 Å². The van der Waals surface area contributed by atoms with Crippen molar-refractivity contribution in [3.05, 3.63) is 135 Å². The second-order valence-electron chi connectivity index (χ2n) is 11.0. The van der Waals surface area contributed by atoms with Gasteiger partial charge in [0.25, 0.3) is 11.2 Å². The van der Waals surface area contributed by atoms with Crippen molar-refractivity contribution in [2.24, 2.45) is 4.99 Å². The molecule has 5 rings (SSSR count). The SMILES string of the molecule is CCCC1=C(C(=O)OCC)[C@@H](c2ccc(C(C)C)cc2)n2c(s/c(=C/c3ccccc3Oc3ccc([N+](=O)[O-])cc3[N+](=O)[O-])c2=O)=N1. The third-order valence-electron chi connectivity index (χ3n) is 7.59. The molecule has 0 bridgehead atoms. The summed E-state index contributed by atoms with van der Waals surface area (Å²) < 4.78 is 13.2. The maximum atomic E-state index is 14.2. The van der Waals surface area contributed by atoms with Crippen molar-refractivity contribution >= 4 is 34.8 Å². The number of benzene rings is 3. The average Bonchev–Trinajstić information content (AvgIpc) is 3.35. The lowest BCUT2D eigenvalue weighted by molar-refractivity contribution is -0.394. The van der Waals surface area contributed by atoms with Gasteiger partial charge in [-0.1, -0.05) is 81.0 Å². The fraction of sp³-hybridized carbons (Fsp3) is 0.265. The van der Waals surface area contributed by atoms with Crippen molar-refractivity contribution in [1.82, 2.24) is 4.57 Å². The molecule has 1 aromatic heterocycles. The largest absolute Gasteiger partial charge is 0.463 e. The van der Waals surface area contributed by atoms with Crippen LogP contribution in [0.1, 0.15) is 69.2 Å². The zero-order valence-corrected chi connectivity index (χ0v) is 27.0. The molecule has 0 amide bonds. The summed E-state index contributed by atoms with van der Waals surface area (Å²) in [6.45, 7) is 8.05. The van der Waals surface area contributed by atoms with Crippen molar-refractivity contribution in [2.45, 2.75) is 52.5 Å². The van der Waals surface area contributed by atoms with Gasteiger partial charge in [-0.25, -0.2) is 9.79 Å². The average molecular weight is 657 g/mol. The number of para-hydroxylation sites is 1. The highest BCUT2D eigenvalue weighted by molar-refractivity contribution is 7.07. The van der Waals surface area contributed by atoms with Gasteiger partial charge in [-0.3, -0.25) is 29.6 Å². The monoisotopic (exact) mass is 656 g/mol. The molecule has 0 aliphatic carbocycles. The maximum absolute atomic E-state index is 14.2. The number of rotatable bonds is 11. The van der Waals surface area contributed by atoms with Crippen molar-refractivity contribution in [3.8, 4) is 11.5 Å². The van der Waals surface area contributed by atoms with Crippen LogP contribution in [0.15, 0.2) is 87.8 Å². The Morgan fingerprint density at radius 2 is 1.74 bits per heavy atom. The number of esters is 1. The number of thiazole rings is 1. The molecule has 1 aliphatic rings. The summed E-state index contributed by atoms with van der Waals surface area (Å²) in [5.41, 5.74) is 1.75. The van der Waals surface area contributed by atoms with Crippen LogP contribution in [0.3, 0.4) is 0 Å². The normalized spacial score (nSPS) is 14.5. The van der Waals surface area contributed by atoms with Gasteiger partial charge in [0.05, 0.1) is 44.4 Å². The Balaban J connectivity index is 1.67. The third kappa shape index (κ3) is 6.75. The Morgan fingerprint density at radius 1 is 1.02 bits per heavy atom. The second kappa shape index (κ2) is 13.9. The topological polar surface area (TPSA) is 156 Å². The van der Waals surface area contributed by atoms with Crippen LogP contribution in [0.5, 0.6) is 11.5 Å². The molecule has 0 saturated carbocycles. The Kier molecular flexibility index (Phi) is 9.75. The zero-order valence-electron chi connectivity index (χ0n) is 26.2. The van der Waals surface area contributed by atoms with Crippen LogP contribution in [-0.2, 0) is 9.53 Å². The number of allylic oxidation sites excluding steroid dienone is 1. The van der Waals surface area contributed by atoms with E-state index in [1.165, 1.54) is 4.57 Å². The van der Waals surface area contributed by atoms with Crippen LogP contribution >= 0.6 is 11.3 Å². The Morgan fingerprint density at radius 3 is 2.38 bits per heavy atom. The first-order chi connectivity index (χ1) is 22.5. The third-order valence-corrected chi connectivity index (χ3v) is 8.57. The van der Waals surface area contributed by atoms with E-state index in [4.69, 9.17) is 14.5 Å². The minimum Gasteiger partial charge on any atom is -0.463 e. The Labute approximate surface area is 273 Å². The summed E-state index contributed by atoms with van der Waals surface area (Å²) in [5, 5.41) is 22.9. The minimum atomic E-state index is -0.774. The van der Waals surface area contributed by atoms with Gasteiger partial charge in [-0.2, -0.15) is 0 Å². The molecular formula is C34H32N4O8S. The minimum absolute atomic E-state index is 0.162. The van der Waals surface area contributed by atoms with Crippen LogP contribution in [0, 0.1) is 20.2 Å². The molecule has 0 fully saturated rings. The van der Waals surface area contributed by atoms with Gasteiger partial charge in [0.15, 0.2) is 4.80 Å². The van der Waals surface area contributed by atoms with Crippen LogP contribution in [0.25, 0.3) is 6.08 Å². The quantitative estimate of drug-likeness (QED) is 0.103. The number of carbonyl (C=O) groups excluding carboxylic acids is 1. The van der Waals surface area contributed by atoms with E-state index in [0.717, 1.165) is 47.1 Å². The molecular weight excluding hydrogens is 624 g/mol. The van der Waals surface area contributed by atoms with Crippen molar-refractivity contribution in [1.29, 1.82) is 0 Å². The molecule has 13 heteroatoms. The summed E-state index contributed by atoms with van der Waals surface area (Å²) in [5.74, 6) is -0.252. The zero-order chi connectivity index (χ0) is 33.8. The lowest BCUT2D eigenvalue weighted by Crippen LogP contribution is -2.40. The lowest BCUT2D eigenvalue weighted by Gasteiger charge is -2.26. The van der Waals surface area contributed by atoms with E-state index in [1.54, 1.807) is 37.3 Å². The van der Waals surface area contributed by atoms with Gasteiger partial charge in [0, 0.05) is 11.6 Å². The molecule has 47 heavy (non-hydrogen) atoms. The standard InChI is InChI=1S/C34H32N4O8S/c1-5-9-25-30(33(40)45-6-2)31(22-14-12-21(13-15-22)20(3)4)36-32(39)29(47-34(36)35-25)18-23-10-7-8-11-27(23)46-28-17-16-24(37(41)42)19-26(28)38(43)44/h7-8,10-20,31H,5-6,9H2,1-4H3/b29-18+/t31-/m1/s1. The van der Waals surface area contributed by atoms with E-state index < -0.39 is 33.2 Å². The van der Waals surface area contributed by atoms with Crippen LogP contribution in [0.2, 0.25) is 0 Å². The second-order valence-corrected chi connectivity index (χ2v) is 12.1. The predicted molar refractivity (Wildman–Crippen MR) is 176 cm³/mol. The van der Waals surface area contributed by atoms with Gasteiger partial charge in [0.2, 0.25) is 5.75 Å². The lowest BCUT2D eigenvalue weighted by atomic mass is 9.92. The highest BCUT2D eigenvalue weighted by Gasteiger charge is 2.34. The molecule has 4 aromatic rings.